The van der Waals surface area contributed by atoms with Crippen molar-refractivity contribution < 1.29 is 9.53 Å². The van der Waals surface area contributed by atoms with Crippen LogP contribution in [0, 0.1) is 6.92 Å². The first-order chi connectivity index (χ1) is 11.6. The summed E-state index contributed by atoms with van der Waals surface area (Å²) < 4.78 is 5.69. The molecule has 0 fully saturated rings. The highest BCUT2D eigenvalue weighted by molar-refractivity contribution is 7.15. The third kappa shape index (κ3) is 4.10. The van der Waals surface area contributed by atoms with Gasteiger partial charge in [0, 0.05) is 16.1 Å². The second kappa shape index (κ2) is 7.42. The molecule has 0 spiro atoms. The smallest absolute Gasteiger partial charge is 0.257 e. The Hall–Kier alpha value is -2.44. The zero-order valence-electron chi connectivity index (χ0n) is 12.8. The van der Waals surface area contributed by atoms with Crippen LogP contribution in [0.25, 0.3) is 0 Å². The summed E-state index contributed by atoms with van der Waals surface area (Å²) in [5, 5.41) is 12.4. The molecule has 3 aromatic rings. The zero-order chi connectivity index (χ0) is 16.9. The average molecular weight is 360 g/mol. The number of hydrogen-bond acceptors (Lipinski definition) is 5. The molecule has 122 valence electrons. The Labute approximate surface area is 148 Å². The first-order valence-electron chi connectivity index (χ1n) is 7.19. The number of benzene rings is 2. The predicted octanol–water partition coefficient (Wildman–Crippen LogP) is 4.33. The first-order valence-corrected chi connectivity index (χ1v) is 8.39. The van der Waals surface area contributed by atoms with Crippen LogP contribution < -0.4 is 10.1 Å². The minimum atomic E-state index is -0.233. The van der Waals surface area contributed by atoms with Gasteiger partial charge in [-0.2, -0.15) is 0 Å². The summed E-state index contributed by atoms with van der Waals surface area (Å²) in [6.45, 7) is 2.20. The number of carbonyl (C=O) groups is 1. The Kier molecular flexibility index (Phi) is 5.08. The third-order valence-electron chi connectivity index (χ3n) is 3.22. The van der Waals surface area contributed by atoms with Crippen LogP contribution in [0.1, 0.15) is 20.9 Å². The Balaban J connectivity index is 1.60. The number of nitrogens with zero attached hydrogens (tertiary/aromatic N) is 2. The second-order valence-corrected chi connectivity index (χ2v) is 6.57. The van der Waals surface area contributed by atoms with Crippen LogP contribution in [0.3, 0.4) is 0 Å². The molecular weight excluding hydrogens is 346 g/mol. The van der Waals surface area contributed by atoms with E-state index in [4.69, 9.17) is 16.3 Å². The van der Waals surface area contributed by atoms with Crippen LogP contribution >= 0.6 is 22.9 Å². The number of aromatic nitrogens is 2. The molecular formula is C17H14ClN3O2S. The van der Waals surface area contributed by atoms with Crippen LogP contribution in [-0.2, 0) is 6.61 Å². The second-order valence-electron chi connectivity index (χ2n) is 4.98. The van der Waals surface area contributed by atoms with E-state index in [-0.39, 0.29) is 5.91 Å². The van der Waals surface area contributed by atoms with E-state index in [2.05, 4.69) is 15.5 Å². The maximum absolute atomic E-state index is 12.1. The number of ether oxygens (including phenoxy) is 1. The molecule has 0 aliphatic heterocycles. The van der Waals surface area contributed by atoms with Crippen molar-refractivity contribution in [2.75, 3.05) is 5.32 Å². The minimum absolute atomic E-state index is 0.233. The highest BCUT2D eigenvalue weighted by Crippen LogP contribution is 2.20. The number of hydrogen-bond donors (Lipinski definition) is 1. The van der Waals surface area contributed by atoms with E-state index >= 15 is 0 Å². The molecule has 2 aromatic carbocycles. The van der Waals surface area contributed by atoms with E-state index in [1.54, 1.807) is 24.3 Å². The van der Waals surface area contributed by atoms with Gasteiger partial charge in [0.25, 0.3) is 5.91 Å². The molecule has 0 radical (unpaired) electrons. The highest BCUT2D eigenvalue weighted by atomic mass is 35.5. The molecule has 1 aromatic heterocycles. The molecule has 0 saturated heterocycles. The molecule has 0 bridgehead atoms. The number of nitrogens with one attached hydrogen (secondary N) is 1. The standard InChI is InChI=1S/C17H14ClN3O2S/c1-11-20-21-17(24-11)19-16(22)12-6-8-14(9-7-12)23-10-13-4-2-3-5-15(13)18/h2-9H,10H2,1H3,(H,19,21,22). The fourth-order valence-electron chi connectivity index (χ4n) is 2.00. The third-order valence-corrected chi connectivity index (χ3v) is 4.34. The summed E-state index contributed by atoms with van der Waals surface area (Å²) in [7, 11) is 0. The van der Waals surface area contributed by atoms with Gasteiger partial charge in [-0.1, -0.05) is 41.1 Å². The van der Waals surface area contributed by atoms with Gasteiger partial charge in [-0.15, -0.1) is 10.2 Å². The van der Waals surface area contributed by atoms with E-state index < -0.39 is 0 Å². The molecule has 0 aliphatic rings. The van der Waals surface area contributed by atoms with Crippen molar-refractivity contribution in [3.8, 4) is 5.75 Å². The van der Waals surface area contributed by atoms with Crippen molar-refractivity contribution in [2.24, 2.45) is 0 Å². The van der Waals surface area contributed by atoms with Crippen molar-refractivity contribution in [3.63, 3.8) is 0 Å². The molecule has 5 nitrogen and oxygen atoms in total. The van der Waals surface area contributed by atoms with E-state index in [9.17, 15) is 4.79 Å². The molecule has 0 aliphatic carbocycles. The van der Waals surface area contributed by atoms with Gasteiger partial charge in [0.15, 0.2) is 0 Å². The maximum atomic E-state index is 12.1. The number of halogens is 1. The van der Waals surface area contributed by atoms with E-state index in [1.165, 1.54) is 11.3 Å². The van der Waals surface area contributed by atoms with Gasteiger partial charge in [-0.3, -0.25) is 10.1 Å². The predicted molar refractivity (Wildman–Crippen MR) is 94.8 cm³/mol. The lowest BCUT2D eigenvalue weighted by molar-refractivity contribution is 0.102. The van der Waals surface area contributed by atoms with Crippen molar-refractivity contribution >= 4 is 34.0 Å². The van der Waals surface area contributed by atoms with Crippen LogP contribution in [0.5, 0.6) is 5.75 Å². The SMILES string of the molecule is Cc1nnc(NC(=O)c2ccc(OCc3ccccc3Cl)cc2)s1. The normalized spacial score (nSPS) is 10.4. The molecule has 7 heteroatoms. The van der Waals surface area contributed by atoms with Crippen molar-refractivity contribution in [3.05, 3.63) is 69.7 Å². The van der Waals surface area contributed by atoms with Crippen LogP contribution in [0.4, 0.5) is 5.13 Å². The minimum Gasteiger partial charge on any atom is -0.489 e. The molecule has 0 atom stereocenters. The molecule has 1 N–H and O–H groups in total. The monoisotopic (exact) mass is 359 g/mol. The average Bonchev–Trinajstić information content (AvgIpc) is 2.99. The highest BCUT2D eigenvalue weighted by Gasteiger charge is 2.09. The van der Waals surface area contributed by atoms with Crippen molar-refractivity contribution in [1.82, 2.24) is 10.2 Å². The lowest BCUT2D eigenvalue weighted by atomic mass is 10.2. The summed E-state index contributed by atoms with van der Waals surface area (Å²) >= 11 is 7.42. The topological polar surface area (TPSA) is 64.1 Å². The molecule has 0 saturated carbocycles. The number of amides is 1. The fraction of sp³-hybridized carbons (Fsp3) is 0.118. The zero-order valence-corrected chi connectivity index (χ0v) is 14.4. The number of rotatable bonds is 5. The van der Waals surface area contributed by atoms with Gasteiger partial charge >= 0.3 is 0 Å². The summed E-state index contributed by atoms with van der Waals surface area (Å²) in [5.74, 6) is 0.432. The molecule has 1 heterocycles. The van der Waals surface area contributed by atoms with Gasteiger partial charge in [0.2, 0.25) is 5.13 Å². The quantitative estimate of drug-likeness (QED) is 0.736. The summed E-state index contributed by atoms with van der Waals surface area (Å²) in [6.07, 6.45) is 0. The van der Waals surface area contributed by atoms with Gasteiger partial charge in [-0.25, -0.2) is 0 Å². The largest absolute Gasteiger partial charge is 0.489 e. The van der Waals surface area contributed by atoms with Gasteiger partial charge < -0.3 is 4.74 Å². The number of aryl methyl sites for hydroxylation is 1. The van der Waals surface area contributed by atoms with E-state index in [0.29, 0.717) is 28.1 Å². The molecule has 3 rings (SSSR count). The van der Waals surface area contributed by atoms with Gasteiger partial charge in [-0.05, 0) is 37.3 Å². The van der Waals surface area contributed by atoms with Gasteiger partial charge in [0.05, 0.1) is 0 Å². The van der Waals surface area contributed by atoms with E-state index in [0.717, 1.165) is 10.6 Å². The fourth-order valence-corrected chi connectivity index (χ4v) is 2.77. The molecule has 1 amide bonds. The van der Waals surface area contributed by atoms with Crippen molar-refractivity contribution in [2.45, 2.75) is 13.5 Å². The van der Waals surface area contributed by atoms with Crippen molar-refractivity contribution in [1.29, 1.82) is 0 Å². The molecule has 24 heavy (non-hydrogen) atoms. The number of carbonyl (C=O) groups excluding carboxylic acids is 1. The Morgan fingerprint density at radius 3 is 2.58 bits per heavy atom. The summed E-state index contributed by atoms with van der Waals surface area (Å²) in [6, 6.07) is 14.4. The molecule has 0 unspecified atom stereocenters. The van der Waals surface area contributed by atoms with Gasteiger partial charge in [0.1, 0.15) is 17.4 Å². The van der Waals surface area contributed by atoms with Crippen LogP contribution in [-0.4, -0.2) is 16.1 Å². The van der Waals surface area contributed by atoms with Crippen LogP contribution in [0.15, 0.2) is 48.5 Å². The van der Waals surface area contributed by atoms with Crippen LogP contribution in [0.2, 0.25) is 5.02 Å². The Morgan fingerprint density at radius 2 is 1.92 bits per heavy atom. The Bertz CT molecular complexity index is 849. The lowest BCUT2D eigenvalue weighted by Gasteiger charge is -2.08. The first kappa shape index (κ1) is 16.4. The summed E-state index contributed by atoms with van der Waals surface area (Å²) in [5.41, 5.74) is 1.43. The Morgan fingerprint density at radius 1 is 1.17 bits per heavy atom. The summed E-state index contributed by atoms with van der Waals surface area (Å²) in [4.78, 5) is 12.1. The van der Waals surface area contributed by atoms with E-state index in [1.807, 2.05) is 31.2 Å². The number of anilines is 1. The lowest BCUT2D eigenvalue weighted by Crippen LogP contribution is -2.11. The maximum Gasteiger partial charge on any atom is 0.257 e.